The molecule has 0 atom stereocenters. The molecule has 4 nitrogen and oxygen atoms in total. The minimum Gasteiger partial charge on any atom is -0.301 e. The Morgan fingerprint density at radius 3 is 0.885 bits per heavy atom. The monoisotopic (exact) mass is 368 g/mol. The number of unbranched alkanes of at least 4 members (excludes halogenated alkanes) is 2. The minimum atomic E-state index is 1.24. The van der Waals surface area contributed by atoms with Crippen LogP contribution >= 0.6 is 0 Å². The van der Waals surface area contributed by atoms with Crippen molar-refractivity contribution in [2.45, 2.75) is 66.2 Å². The summed E-state index contributed by atoms with van der Waals surface area (Å²) in [5.74, 6) is 0. The second-order valence-corrected chi connectivity index (χ2v) is 8.07. The van der Waals surface area contributed by atoms with E-state index in [0.717, 1.165) is 0 Å². The first kappa shape index (κ1) is 23.9. The Morgan fingerprint density at radius 2 is 0.654 bits per heavy atom. The molecule has 1 aliphatic rings. The van der Waals surface area contributed by atoms with E-state index in [9.17, 15) is 0 Å². The summed E-state index contributed by atoms with van der Waals surface area (Å²) in [6.07, 6.45) is 7.83. The Bertz CT molecular complexity index is 265. The number of nitrogens with zero attached hydrogens (tertiary/aromatic N) is 4. The molecule has 0 N–H and O–H groups in total. The second kappa shape index (κ2) is 15.9. The van der Waals surface area contributed by atoms with Crippen LogP contribution < -0.4 is 0 Å². The molecule has 0 amide bonds. The highest BCUT2D eigenvalue weighted by atomic mass is 15.3. The minimum absolute atomic E-state index is 1.24. The smallest absolute Gasteiger partial charge is 0.0110 e. The van der Waals surface area contributed by atoms with E-state index in [1.165, 1.54) is 117 Å². The van der Waals surface area contributed by atoms with E-state index in [1.54, 1.807) is 0 Å². The molecular weight excluding hydrogens is 320 g/mol. The molecule has 1 fully saturated rings. The first-order valence-electron chi connectivity index (χ1n) is 11.6. The predicted molar refractivity (Wildman–Crippen MR) is 116 cm³/mol. The number of hydrogen-bond donors (Lipinski definition) is 0. The van der Waals surface area contributed by atoms with Crippen molar-refractivity contribution >= 4 is 0 Å². The maximum absolute atomic E-state index is 2.73. The van der Waals surface area contributed by atoms with Crippen LogP contribution in [-0.2, 0) is 0 Å². The van der Waals surface area contributed by atoms with E-state index < -0.39 is 0 Å². The fourth-order valence-electron chi connectivity index (χ4n) is 3.87. The van der Waals surface area contributed by atoms with Gasteiger partial charge in [0.15, 0.2) is 0 Å². The van der Waals surface area contributed by atoms with Gasteiger partial charge in [0.2, 0.25) is 0 Å². The first-order chi connectivity index (χ1) is 12.7. The van der Waals surface area contributed by atoms with Crippen molar-refractivity contribution in [2.24, 2.45) is 0 Å². The fourth-order valence-corrected chi connectivity index (χ4v) is 3.87. The molecule has 1 saturated heterocycles. The van der Waals surface area contributed by atoms with Crippen molar-refractivity contribution in [3.63, 3.8) is 0 Å². The molecule has 156 valence electrons. The lowest BCUT2D eigenvalue weighted by molar-refractivity contribution is 0.131. The molecule has 1 heterocycles. The molecule has 0 bridgehead atoms. The zero-order valence-corrected chi connectivity index (χ0v) is 18.5. The van der Waals surface area contributed by atoms with Crippen molar-refractivity contribution in [1.82, 2.24) is 19.6 Å². The van der Waals surface area contributed by atoms with E-state index in [4.69, 9.17) is 0 Å². The highest BCUT2D eigenvalue weighted by Gasteiger charge is 2.15. The summed E-state index contributed by atoms with van der Waals surface area (Å²) in [6, 6.07) is 0. The van der Waals surface area contributed by atoms with E-state index in [-0.39, 0.29) is 0 Å². The van der Waals surface area contributed by atoms with E-state index in [0.29, 0.717) is 0 Å². The van der Waals surface area contributed by atoms with Crippen LogP contribution in [0.3, 0.4) is 0 Å². The van der Waals surface area contributed by atoms with Crippen molar-refractivity contribution < 1.29 is 0 Å². The molecule has 0 saturated carbocycles. The van der Waals surface area contributed by atoms with E-state index in [2.05, 4.69) is 47.3 Å². The molecule has 0 aromatic carbocycles. The molecule has 0 unspecified atom stereocenters. The number of hydrogen-bond acceptors (Lipinski definition) is 4. The van der Waals surface area contributed by atoms with Crippen molar-refractivity contribution in [2.75, 3.05) is 78.5 Å². The van der Waals surface area contributed by atoms with Gasteiger partial charge in [-0.1, -0.05) is 40.5 Å². The summed E-state index contributed by atoms with van der Waals surface area (Å²) >= 11 is 0. The molecule has 4 heteroatoms. The molecule has 0 aromatic rings. The van der Waals surface area contributed by atoms with Gasteiger partial charge in [-0.05, 0) is 51.9 Å². The first-order valence-corrected chi connectivity index (χ1v) is 11.6. The topological polar surface area (TPSA) is 13.0 Å². The summed E-state index contributed by atoms with van der Waals surface area (Å²) in [5.41, 5.74) is 0. The van der Waals surface area contributed by atoms with Crippen LogP contribution in [0.15, 0.2) is 0 Å². The molecule has 1 aliphatic heterocycles. The van der Waals surface area contributed by atoms with Crippen molar-refractivity contribution in [3.8, 4) is 0 Å². The van der Waals surface area contributed by atoms with Gasteiger partial charge in [0, 0.05) is 52.4 Å². The van der Waals surface area contributed by atoms with Crippen molar-refractivity contribution in [1.29, 1.82) is 0 Å². The standard InChI is InChI=1S/C22H48N4/c1-5-9-13-25-19-15-23(11-7-3)17-21-26(14-10-6-2)22-18-24(12-8-4)16-20-25/h5-22H2,1-4H3. The quantitative estimate of drug-likeness (QED) is 0.584. The van der Waals surface area contributed by atoms with Gasteiger partial charge >= 0.3 is 0 Å². The van der Waals surface area contributed by atoms with Gasteiger partial charge in [-0.15, -0.1) is 0 Å². The summed E-state index contributed by atoms with van der Waals surface area (Å²) in [4.78, 5) is 10.9. The Balaban J connectivity index is 2.69. The fraction of sp³-hybridized carbons (Fsp3) is 1.00. The van der Waals surface area contributed by atoms with Crippen LogP contribution in [0.1, 0.15) is 66.2 Å². The summed E-state index contributed by atoms with van der Waals surface area (Å²) in [5, 5.41) is 0. The van der Waals surface area contributed by atoms with Crippen LogP contribution in [-0.4, -0.2) is 98.1 Å². The maximum Gasteiger partial charge on any atom is 0.0110 e. The zero-order valence-electron chi connectivity index (χ0n) is 18.5. The summed E-state index contributed by atoms with van der Waals surface area (Å²) < 4.78 is 0. The van der Waals surface area contributed by atoms with Crippen molar-refractivity contribution in [3.05, 3.63) is 0 Å². The Labute approximate surface area is 164 Å². The molecule has 0 aromatic heterocycles. The third-order valence-corrected chi connectivity index (χ3v) is 5.67. The molecule has 0 aliphatic carbocycles. The predicted octanol–water partition coefficient (Wildman–Crippen LogP) is 3.63. The lowest BCUT2D eigenvalue weighted by Crippen LogP contribution is -2.46. The summed E-state index contributed by atoms with van der Waals surface area (Å²) in [6.45, 7) is 24.3. The molecule has 0 radical (unpaired) electrons. The SMILES string of the molecule is CCCCN1CCN(CCC)CCN(CCCC)CCN(CCC)CC1. The second-order valence-electron chi connectivity index (χ2n) is 8.07. The molecule has 26 heavy (non-hydrogen) atoms. The van der Waals surface area contributed by atoms with Gasteiger partial charge in [0.05, 0.1) is 0 Å². The van der Waals surface area contributed by atoms with Crippen LogP contribution in [0, 0.1) is 0 Å². The summed E-state index contributed by atoms with van der Waals surface area (Å²) in [7, 11) is 0. The zero-order chi connectivity index (χ0) is 19.0. The average Bonchev–Trinajstić information content (AvgIpc) is 2.64. The Kier molecular flexibility index (Phi) is 14.6. The third kappa shape index (κ3) is 10.9. The van der Waals surface area contributed by atoms with Crippen LogP contribution in [0.5, 0.6) is 0 Å². The molecule has 1 rings (SSSR count). The maximum atomic E-state index is 2.73. The van der Waals surface area contributed by atoms with Gasteiger partial charge in [-0.25, -0.2) is 0 Å². The van der Waals surface area contributed by atoms with Gasteiger partial charge in [0.1, 0.15) is 0 Å². The van der Waals surface area contributed by atoms with E-state index in [1.807, 2.05) is 0 Å². The largest absolute Gasteiger partial charge is 0.301 e. The van der Waals surface area contributed by atoms with Gasteiger partial charge in [-0.2, -0.15) is 0 Å². The Morgan fingerprint density at radius 1 is 0.385 bits per heavy atom. The van der Waals surface area contributed by atoms with Gasteiger partial charge in [-0.3, -0.25) is 0 Å². The lowest BCUT2D eigenvalue weighted by Gasteiger charge is -2.34. The average molecular weight is 369 g/mol. The molecule has 0 spiro atoms. The molecular formula is C22H48N4. The number of rotatable bonds is 10. The van der Waals surface area contributed by atoms with Crippen LogP contribution in [0.2, 0.25) is 0 Å². The van der Waals surface area contributed by atoms with Gasteiger partial charge in [0.25, 0.3) is 0 Å². The highest BCUT2D eigenvalue weighted by Crippen LogP contribution is 2.04. The van der Waals surface area contributed by atoms with E-state index >= 15 is 0 Å². The third-order valence-electron chi connectivity index (χ3n) is 5.67. The highest BCUT2D eigenvalue weighted by molar-refractivity contribution is 4.72. The van der Waals surface area contributed by atoms with Crippen LogP contribution in [0.4, 0.5) is 0 Å². The Hall–Kier alpha value is -0.160. The lowest BCUT2D eigenvalue weighted by atomic mass is 10.2. The van der Waals surface area contributed by atoms with Gasteiger partial charge < -0.3 is 19.6 Å². The van der Waals surface area contributed by atoms with Crippen LogP contribution in [0.25, 0.3) is 0 Å². The normalized spacial score (nSPS) is 20.8.